The second-order valence-electron chi connectivity index (χ2n) is 4.62. The van der Waals surface area contributed by atoms with Gasteiger partial charge in [-0.25, -0.2) is 0 Å². The van der Waals surface area contributed by atoms with Crippen LogP contribution in [-0.4, -0.2) is 21.2 Å². The molecular formula is C10H18O2Si. The summed E-state index contributed by atoms with van der Waals surface area (Å²) in [5.41, 5.74) is 2.49. The van der Waals surface area contributed by atoms with Gasteiger partial charge in [-0.1, -0.05) is 25.6 Å². The average molecular weight is 198 g/mol. The highest BCUT2D eigenvalue weighted by Gasteiger charge is 2.26. The number of esters is 1. The maximum atomic E-state index is 11.2. The first-order valence-electron chi connectivity index (χ1n) is 4.32. The minimum absolute atomic E-state index is 0.266. The Morgan fingerprint density at radius 1 is 1.31 bits per heavy atom. The van der Waals surface area contributed by atoms with Crippen molar-refractivity contribution in [2.24, 2.45) is 5.41 Å². The Morgan fingerprint density at radius 3 is 2.08 bits per heavy atom. The molecule has 0 fully saturated rings. The fourth-order valence-electron chi connectivity index (χ4n) is 0.650. The van der Waals surface area contributed by atoms with Crippen LogP contribution in [0.5, 0.6) is 0 Å². The number of ether oxygens (including phenoxy) is 1. The van der Waals surface area contributed by atoms with E-state index >= 15 is 0 Å². The maximum Gasteiger partial charge on any atom is 0.323 e. The third-order valence-corrected chi connectivity index (χ3v) is 2.32. The van der Waals surface area contributed by atoms with Crippen LogP contribution in [0.2, 0.25) is 19.6 Å². The van der Waals surface area contributed by atoms with Crippen LogP contribution in [0.4, 0.5) is 0 Å². The van der Waals surface area contributed by atoms with E-state index in [1.54, 1.807) is 13.8 Å². The molecule has 3 heteroatoms. The summed E-state index contributed by atoms with van der Waals surface area (Å²) in [5, 5.41) is 0. The van der Waals surface area contributed by atoms with Gasteiger partial charge in [0.05, 0.1) is 7.11 Å². The van der Waals surface area contributed by atoms with Gasteiger partial charge in [0.2, 0.25) is 0 Å². The van der Waals surface area contributed by atoms with E-state index in [4.69, 9.17) is 0 Å². The first-order valence-corrected chi connectivity index (χ1v) is 7.82. The van der Waals surface area contributed by atoms with Crippen LogP contribution >= 0.6 is 0 Å². The molecule has 0 aromatic carbocycles. The number of carbonyl (C=O) groups excluding carboxylic acids is 1. The van der Waals surface area contributed by atoms with Gasteiger partial charge in [-0.3, -0.25) is 4.79 Å². The van der Waals surface area contributed by atoms with Crippen LogP contribution in [0, 0.1) is 16.9 Å². The normalized spacial score (nSPS) is 11.5. The summed E-state index contributed by atoms with van der Waals surface area (Å²) in [4.78, 5) is 11.2. The average Bonchev–Trinajstić information content (AvgIpc) is 1.98. The molecule has 0 N–H and O–H groups in total. The van der Waals surface area contributed by atoms with Gasteiger partial charge in [-0.05, 0) is 13.8 Å². The lowest BCUT2D eigenvalue weighted by atomic mass is 9.95. The lowest BCUT2D eigenvalue weighted by Crippen LogP contribution is -2.25. The predicted octanol–water partition coefficient (Wildman–Crippen LogP) is 2.07. The molecule has 0 amide bonds. The standard InChI is InChI=1S/C10H18O2Si/c1-10(2,9(11)12-3)7-8-13(4,5)6/h1-6H3. The Balaban J connectivity index is 4.66. The number of hydrogen-bond donors (Lipinski definition) is 0. The van der Waals surface area contributed by atoms with Crippen LogP contribution in [-0.2, 0) is 9.53 Å². The Hall–Kier alpha value is -0.753. The molecule has 0 bridgehead atoms. The molecule has 0 aliphatic rings. The summed E-state index contributed by atoms with van der Waals surface area (Å²) in [5.74, 6) is 2.72. The Labute approximate surface area is 81.7 Å². The minimum Gasteiger partial charge on any atom is -0.468 e. The highest BCUT2D eigenvalue weighted by Crippen LogP contribution is 2.15. The van der Waals surface area contributed by atoms with Crippen LogP contribution in [0.1, 0.15) is 13.8 Å². The molecule has 0 radical (unpaired) electrons. The second-order valence-corrected chi connectivity index (χ2v) is 9.37. The largest absolute Gasteiger partial charge is 0.468 e. The quantitative estimate of drug-likeness (QED) is 0.366. The van der Waals surface area contributed by atoms with E-state index in [9.17, 15) is 4.79 Å². The second kappa shape index (κ2) is 3.97. The zero-order chi connectivity index (χ0) is 10.7. The van der Waals surface area contributed by atoms with E-state index in [0.29, 0.717) is 0 Å². The van der Waals surface area contributed by atoms with Crippen molar-refractivity contribution in [1.29, 1.82) is 0 Å². The topological polar surface area (TPSA) is 26.3 Å². The van der Waals surface area contributed by atoms with E-state index in [-0.39, 0.29) is 5.97 Å². The van der Waals surface area contributed by atoms with E-state index < -0.39 is 13.5 Å². The van der Waals surface area contributed by atoms with Gasteiger partial charge >= 0.3 is 5.97 Å². The highest BCUT2D eigenvalue weighted by molar-refractivity contribution is 6.83. The summed E-state index contributed by atoms with van der Waals surface area (Å²) >= 11 is 0. The molecule has 0 aromatic heterocycles. The van der Waals surface area contributed by atoms with Crippen molar-refractivity contribution in [3.8, 4) is 11.5 Å². The number of methoxy groups -OCH3 is 1. The van der Waals surface area contributed by atoms with Gasteiger partial charge in [0.1, 0.15) is 13.5 Å². The number of carbonyl (C=O) groups is 1. The Bertz CT molecular complexity index is 250. The molecule has 0 aliphatic heterocycles. The predicted molar refractivity (Wildman–Crippen MR) is 56.9 cm³/mol. The van der Waals surface area contributed by atoms with Crippen molar-refractivity contribution in [2.75, 3.05) is 7.11 Å². The smallest absolute Gasteiger partial charge is 0.323 e. The SMILES string of the molecule is COC(=O)C(C)(C)C#C[Si](C)(C)C. The van der Waals surface area contributed by atoms with Crippen LogP contribution < -0.4 is 0 Å². The van der Waals surface area contributed by atoms with Crippen molar-refractivity contribution >= 4 is 14.0 Å². The van der Waals surface area contributed by atoms with Gasteiger partial charge in [0, 0.05) is 0 Å². The van der Waals surface area contributed by atoms with E-state index in [1.165, 1.54) is 7.11 Å². The molecule has 0 aliphatic carbocycles. The summed E-state index contributed by atoms with van der Waals surface area (Å²) < 4.78 is 4.65. The summed E-state index contributed by atoms with van der Waals surface area (Å²) in [6.07, 6.45) is 0. The van der Waals surface area contributed by atoms with Gasteiger partial charge in [0.25, 0.3) is 0 Å². The molecule has 0 spiro atoms. The zero-order valence-electron chi connectivity index (χ0n) is 9.32. The third kappa shape index (κ3) is 4.74. The molecular weight excluding hydrogens is 180 g/mol. The third-order valence-electron chi connectivity index (χ3n) is 1.45. The Kier molecular flexibility index (Phi) is 3.74. The lowest BCUT2D eigenvalue weighted by molar-refractivity contribution is -0.147. The minimum atomic E-state index is -1.39. The van der Waals surface area contributed by atoms with Gasteiger partial charge in [-0.15, -0.1) is 5.54 Å². The molecule has 0 heterocycles. The van der Waals surface area contributed by atoms with Crippen molar-refractivity contribution in [3.05, 3.63) is 0 Å². The summed E-state index contributed by atoms with van der Waals surface area (Å²) in [7, 11) is -0.00535. The summed E-state index contributed by atoms with van der Waals surface area (Å²) in [6.45, 7) is 10.0. The molecule has 0 aromatic rings. The fraction of sp³-hybridized carbons (Fsp3) is 0.700. The van der Waals surface area contributed by atoms with Crippen molar-refractivity contribution in [3.63, 3.8) is 0 Å². The first kappa shape index (κ1) is 12.2. The molecule has 74 valence electrons. The van der Waals surface area contributed by atoms with E-state index in [2.05, 4.69) is 35.8 Å². The van der Waals surface area contributed by atoms with Gasteiger partial charge in [0.15, 0.2) is 0 Å². The van der Waals surface area contributed by atoms with Crippen LogP contribution in [0.15, 0.2) is 0 Å². The highest BCUT2D eigenvalue weighted by atomic mass is 28.3. The van der Waals surface area contributed by atoms with E-state index in [0.717, 1.165) is 0 Å². The number of rotatable bonds is 1. The van der Waals surface area contributed by atoms with E-state index in [1.807, 2.05) is 0 Å². The molecule has 2 nitrogen and oxygen atoms in total. The lowest BCUT2D eigenvalue weighted by Gasteiger charge is -2.15. The first-order chi connectivity index (χ1) is 5.69. The monoisotopic (exact) mass is 198 g/mol. The zero-order valence-corrected chi connectivity index (χ0v) is 10.3. The molecule has 13 heavy (non-hydrogen) atoms. The maximum absolute atomic E-state index is 11.2. The molecule has 0 saturated carbocycles. The van der Waals surface area contributed by atoms with Crippen LogP contribution in [0.3, 0.4) is 0 Å². The molecule has 0 unspecified atom stereocenters. The Morgan fingerprint density at radius 2 is 1.77 bits per heavy atom. The van der Waals surface area contributed by atoms with Crippen molar-refractivity contribution < 1.29 is 9.53 Å². The summed E-state index contributed by atoms with van der Waals surface area (Å²) in [6, 6.07) is 0. The molecule has 0 saturated heterocycles. The van der Waals surface area contributed by atoms with Gasteiger partial charge < -0.3 is 4.74 Å². The van der Waals surface area contributed by atoms with Gasteiger partial charge in [-0.2, -0.15) is 0 Å². The van der Waals surface area contributed by atoms with Crippen molar-refractivity contribution in [1.82, 2.24) is 0 Å². The fourth-order valence-corrected chi connectivity index (χ4v) is 1.34. The van der Waals surface area contributed by atoms with Crippen LogP contribution in [0.25, 0.3) is 0 Å². The molecule has 0 atom stereocenters. The number of hydrogen-bond acceptors (Lipinski definition) is 2. The van der Waals surface area contributed by atoms with Crippen molar-refractivity contribution in [2.45, 2.75) is 33.5 Å². The molecule has 0 rings (SSSR count).